The van der Waals surface area contributed by atoms with E-state index in [0.717, 1.165) is 23.5 Å². The molecular formula is C17H22N2. The lowest BCUT2D eigenvalue weighted by atomic mass is 10.0. The second-order valence-corrected chi connectivity index (χ2v) is 5.05. The molecule has 1 atom stereocenters. The largest absolute Gasteiger partial charge is 0.377 e. The zero-order valence-electron chi connectivity index (χ0n) is 12.2. The van der Waals surface area contributed by atoms with Crippen molar-refractivity contribution in [1.29, 1.82) is 0 Å². The van der Waals surface area contributed by atoms with Gasteiger partial charge in [-0.2, -0.15) is 0 Å². The number of benzene rings is 1. The molecule has 0 saturated carbocycles. The summed E-state index contributed by atoms with van der Waals surface area (Å²) in [6.07, 6.45) is 1.09. The molecule has 2 nitrogen and oxygen atoms in total. The molecule has 1 aromatic heterocycles. The van der Waals surface area contributed by atoms with Crippen molar-refractivity contribution in [2.24, 2.45) is 0 Å². The van der Waals surface area contributed by atoms with E-state index in [1.165, 1.54) is 11.1 Å². The van der Waals surface area contributed by atoms with Gasteiger partial charge < -0.3 is 5.32 Å². The SMILES string of the molecule is CCc1ccc(C(C)Nc2ccc(C)nc2C)cc1. The standard InChI is InChI=1S/C17H22N2/c1-5-15-7-9-16(10-8-15)13(3)19-17-11-6-12(2)18-14(17)4/h6-11,13,19H,5H2,1-4H3. The van der Waals surface area contributed by atoms with Crippen LogP contribution in [0.4, 0.5) is 5.69 Å². The van der Waals surface area contributed by atoms with Crippen molar-refractivity contribution in [3.8, 4) is 0 Å². The van der Waals surface area contributed by atoms with Gasteiger partial charge in [0.2, 0.25) is 0 Å². The van der Waals surface area contributed by atoms with E-state index in [2.05, 4.69) is 54.5 Å². The van der Waals surface area contributed by atoms with Crippen LogP contribution in [0.5, 0.6) is 0 Å². The molecule has 1 heterocycles. The van der Waals surface area contributed by atoms with Crippen LogP contribution in [0.15, 0.2) is 36.4 Å². The highest BCUT2D eigenvalue weighted by atomic mass is 14.9. The van der Waals surface area contributed by atoms with Gasteiger partial charge in [-0.25, -0.2) is 0 Å². The quantitative estimate of drug-likeness (QED) is 0.872. The van der Waals surface area contributed by atoms with Crippen LogP contribution in [-0.4, -0.2) is 4.98 Å². The Morgan fingerprint density at radius 2 is 1.74 bits per heavy atom. The summed E-state index contributed by atoms with van der Waals surface area (Å²) in [6.45, 7) is 8.42. The fourth-order valence-corrected chi connectivity index (χ4v) is 2.20. The van der Waals surface area contributed by atoms with Gasteiger partial charge in [-0.3, -0.25) is 4.98 Å². The average molecular weight is 254 g/mol. The highest BCUT2D eigenvalue weighted by molar-refractivity contribution is 5.49. The summed E-state index contributed by atoms with van der Waals surface area (Å²) in [5, 5.41) is 3.53. The molecule has 0 aliphatic heterocycles. The first-order valence-electron chi connectivity index (χ1n) is 6.89. The second-order valence-electron chi connectivity index (χ2n) is 5.05. The lowest BCUT2D eigenvalue weighted by Gasteiger charge is -2.17. The van der Waals surface area contributed by atoms with Gasteiger partial charge in [0.15, 0.2) is 0 Å². The minimum absolute atomic E-state index is 0.286. The predicted octanol–water partition coefficient (Wildman–Crippen LogP) is 4.43. The summed E-state index contributed by atoms with van der Waals surface area (Å²) in [7, 11) is 0. The van der Waals surface area contributed by atoms with Crippen molar-refractivity contribution in [3.05, 3.63) is 58.9 Å². The molecule has 2 aromatic rings. The summed E-state index contributed by atoms with van der Waals surface area (Å²) >= 11 is 0. The zero-order chi connectivity index (χ0) is 13.8. The summed E-state index contributed by atoms with van der Waals surface area (Å²) in [6, 6.07) is 13.2. The maximum absolute atomic E-state index is 4.49. The molecule has 2 rings (SSSR count). The van der Waals surface area contributed by atoms with Gasteiger partial charge >= 0.3 is 0 Å². The number of nitrogens with zero attached hydrogens (tertiary/aromatic N) is 1. The first-order valence-corrected chi connectivity index (χ1v) is 6.89. The Morgan fingerprint density at radius 1 is 1.05 bits per heavy atom. The van der Waals surface area contributed by atoms with Crippen molar-refractivity contribution in [1.82, 2.24) is 4.98 Å². The van der Waals surface area contributed by atoms with Crippen LogP contribution in [0.3, 0.4) is 0 Å². The van der Waals surface area contributed by atoms with Crippen LogP contribution in [-0.2, 0) is 6.42 Å². The fourth-order valence-electron chi connectivity index (χ4n) is 2.20. The summed E-state index contributed by atoms with van der Waals surface area (Å²) in [5.74, 6) is 0. The third kappa shape index (κ3) is 3.34. The molecule has 0 bridgehead atoms. The predicted molar refractivity (Wildman–Crippen MR) is 81.6 cm³/mol. The van der Waals surface area contributed by atoms with Crippen LogP contribution < -0.4 is 5.32 Å². The molecule has 2 heteroatoms. The van der Waals surface area contributed by atoms with E-state index in [-0.39, 0.29) is 6.04 Å². The third-order valence-electron chi connectivity index (χ3n) is 3.49. The molecule has 100 valence electrons. The monoisotopic (exact) mass is 254 g/mol. The Kier molecular flexibility index (Phi) is 4.20. The van der Waals surface area contributed by atoms with Crippen molar-refractivity contribution in [2.45, 2.75) is 40.2 Å². The van der Waals surface area contributed by atoms with Gasteiger partial charge in [-0.1, -0.05) is 31.2 Å². The van der Waals surface area contributed by atoms with E-state index >= 15 is 0 Å². The average Bonchev–Trinajstić information content (AvgIpc) is 2.42. The molecule has 0 saturated heterocycles. The highest BCUT2D eigenvalue weighted by Gasteiger charge is 2.07. The molecule has 1 aromatic carbocycles. The number of rotatable bonds is 4. The van der Waals surface area contributed by atoms with Gasteiger partial charge in [-0.15, -0.1) is 0 Å². The molecular weight excluding hydrogens is 232 g/mol. The van der Waals surface area contributed by atoms with E-state index in [4.69, 9.17) is 0 Å². The molecule has 0 aliphatic carbocycles. The molecule has 0 amide bonds. The van der Waals surface area contributed by atoms with Crippen LogP contribution in [0.25, 0.3) is 0 Å². The van der Waals surface area contributed by atoms with Crippen molar-refractivity contribution < 1.29 is 0 Å². The van der Waals surface area contributed by atoms with Crippen molar-refractivity contribution in [3.63, 3.8) is 0 Å². The number of aryl methyl sites for hydroxylation is 3. The zero-order valence-corrected chi connectivity index (χ0v) is 12.2. The number of nitrogens with one attached hydrogen (secondary N) is 1. The van der Waals surface area contributed by atoms with E-state index in [1.54, 1.807) is 0 Å². The molecule has 0 spiro atoms. The molecule has 19 heavy (non-hydrogen) atoms. The van der Waals surface area contributed by atoms with Gasteiger partial charge in [0.1, 0.15) is 0 Å². The summed E-state index contributed by atoms with van der Waals surface area (Å²) in [5.41, 5.74) is 5.90. The Labute approximate surface area is 115 Å². The number of hydrogen-bond donors (Lipinski definition) is 1. The smallest absolute Gasteiger partial charge is 0.0607 e. The van der Waals surface area contributed by atoms with E-state index in [0.29, 0.717) is 0 Å². The number of aromatic nitrogens is 1. The van der Waals surface area contributed by atoms with Gasteiger partial charge in [0.25, 0.3) is 0 Å². The van der Waals surface area contributed by atoms with E-state index in [9.17, 15) is 0 Å². The lowest BCUT2D eigenvalue weighted by molar-refractivity contribution is 0.876. The van der Waals surface area contributed by atoms with Gasteiger partial charge in [0.05, 0.1) is 11.4 Å². The molecule has 0 aliphatic rings. The third-order valence-corrected chi connectivity index (χ3v) is 3.49. The highest BCUT2D eigenvalue weighted by Crippen LogP contribution is 2.21. The number of hydrogen-bond acceptors (Lipinski definition) is 2. The normalized spacial score (nSPS) is 12.2. The molecule has 1 unspecified atom stereocenters. The fraction of sp³-hybridized carbons (Fsp3) is 0.353. The summed E-state index contributed by atoms with van der Waals surface area (Å²) < 4.78 is 0. The molecule has 1 N–H and O–H groups in total. The summed E-state index contributed by atoms with van der Waals surface area (Å²) in [4.78, 5) is 4.49. The molecule has 0 radical (unpaired) electrons. The Hall–Kier alpha value is -1.83. The van der Waals surface area contributed by atoms with Crippen LogP contribution >= 0.6 is 0 Å². The van der Waals surface area contributed by atoms with Gasteiger partial charge in [-0.05, 0) is 50.5 Å². The maximum atomic E-state index is 4.49. The minimum Gasteiger partial charge on any atom is -0.377 e. The Morgan fingerprint density at radius 3 is 2.32 bits per heavy atom. The minimum atomic E-state index is 0.286. The van der Waals surface area contributed by atoms with Crippen molar-refractivity contribution >= 4 is 5.69 Å². The number of anilines is 1. The van der Waals surface area contributed by atoms with E-state index < -0.39 is 0 Å². The van der Waals surface area contributed by atoms with Gasteiger partial charge in [0, 0.05) is 11.7 Å². The van der Waals surface area contributed by atoms with E-state index in [1.807, 2.05) is 19.9 Å². The first-order chi connectivity index (χ1) is 9.10. The van der Waals surface area contributed by atoms with Crippen LogP contribution in [0.2, 0.25) is 0 Å². The maximum Gasteiger partial charge on any atom is 0.0607 e. The number of pyridine rings is 1. The second kappa shape index (κ2) is 5.87. The lowest BCUT2D eigenvalue weighted by Crippen LogP contribution is -2.08. The van der Waals surface area contributed by atoms with Crippen molar-refractivity contribution in [2.75, 3.05) is 5.32 Å². The van der Waals surface area contributed by atoms with Crippen LogP contribution in [0.1, 0.15) is 42.4 Å². The first kappa shape index (κ1) is 13.6. The molecule has 0 fully saturated rings. The Balaban J connectivity index is 2.13. The van der Waals surface area contributed by atoms with Crippen LogP contribution in [0, 0.1) is 13.8 Å². The topological polar surface area (TPSA) is 24.9 Å². The Bertz CT molecular complexity index is 544.